The number of hydrogen-bond donors (Lipinski definition) is 1. The predicted molar refractivity (Wildman–Crippen MR) is 83.7 cm³/mol. The van der Waals surface area contributed by atoms with E-state index in [2.05, 4.69) is 24.1 Å². The van der Waals surface area contributed by atoms with Crippen LogP contribution in [0, 0.1) is 11.6 Å². The van der Waals surface area contributed by atoms with Crippen molar-refractivity contribution in [2.45, 2.75) is 45.4 Å². The van der Waals surface area contributed by atoms with E-state index in [1.54, 1.807) is 0 Å². The van der Waals surface area contributed by atoms with E-state index in [-0.39, 0.29) is 5.82 Å². The van der Waals surface area contributed by atoms with Crippen molar-refractivity contribution in [2.75, 3.05) is 26.2 Å². The zero-order valence-electron chi connectivity index (χ0n) is 13.4. The van der Waals surface area contributed by atoms with Crippen LogP contribution < -0.4 is 5.32 Å². The average molecular weight is 312 g/mol. The predicted octanol–water partition coefficient (Wildman–Crippen LogP) is 2.94. The molecule has 1 aliphatic rings. The summed E-state index contributed by atoms with van der Waals surface area (Å²) < 4.78 is 32.2. The van der Waals surface area contributed by atoms with E-state index >= 15 is 0 Å². The Labute approximate surface area is 131 Å². The van der Waals surface area contributed by atoms with Crippen molar-refractivity contribution < 1.29 is 13.5 Å². The average Bonchev–Trinajstić information content (AvgIpc) is 2.45. The highest BCUT2D eigenvalue weighted by Crippen LogP contribution is 2.11. The van der Waals surface area contributed by atoms with Crippen LogP contribution in [0.1, 0.15) is 32.3 Å². The lowest BCUT2D eigenvalue weighted by Gasteiger charge is -2.35. The van der Waals surface area contributed by atoms with Gasteiger partial charge in [-0.25, -0.2) is 8.78 Å². The lowest BCUT2D eigenvalue weighted by molar-refractivity contribution is -0.0681. The minimum Gasteiger partial charge on any atom is -0.373 e. The first-order valence-electron chi connectivity index (χ1n) is 8.07. The maximum Gasteiger partial charge on any atom is 0.127 e. The third kappa shape index (κ3) is 5.63. The molecule has 3 nitrogen and oxygen atoms in total. The molecule has 1 aromatic carbocycles. The third-order valence-electron chi connectivity index (χ3n) is 3.90. The first kappa shape index (κ1) is 17.3. The van der Waals surface area contributed by atoms with Crippen molar-refractivity contribution in [3.05, 3.63) is 35.4 Å². The third-order valence-corrected chi connectivity index (χ3v) is 3.90. The molecule has 1 heterocycles. The highest BCUT2D eigenvalue weighted by Gasteiger charge is 2.21. The van der Waals surface area contributed by atoms with E-state index in [1.165, 1.54) is 12.1 Å². The van der Waals surface area contributed by atoms with E-state index < -0.39 is 5.82 Å². The zero-order chi connectivity index (χ0) is 15.9. The molecule has 0 aromatic heterocycles. The molecule has 0 radical (unpaired) electrons. The summed E-state index contributed by atoms with van der Waals surface area (Å²) in [6.07, 6.45) is 2.73. The van der Waals surface area contributed by atoms with Crippen LogP contribution in [0.4, 0.5) is 8.78 Å². The number of ether oxygens (including phenoxy) is 1. The molecule has 0 amide bonds. The Balaban J connectivity index is 1.58. The van der Waals surface area contributed by atoms with Gasteiger partial charge in [-0.05, 0) is 58.0 Å². The molecule has 1 aliphatic heterocycles. The summed E-state index contributed by atoms with van der Waals surface area (Å²) in [6, 6.07) is 3.56. The fourth-order valence-electron chi connectivity index (χ4n) is 2.95. The summed E-state index contributed by atoms with van der Waals surface area (Å²) in [5.41, 5.74) is 0.385. The first-order chi connectivity index (χ1) is 10.5. The molecular formula is C17H26F2N2O. The highest BCUT2D eigenvalue weighted by atomic mass is 19.1. The maximum absolute atomic E-state index is 13.4. The maximum atomic E-state index is 13.4. The van der Waals surface area contributed by atoms with Gasteiger partial charge in [0.25, 0.3) is 0 Å². The largest absolute Gasteiger partial charge is 0.373 e. The smallest absolute Gasteiger partial charge is 0.127 e. The van der Waals surface area contributed by atoms with E-state index in [0.29, 0.717) is 24.3 Å². The number of nitrogens with zero attached hydrogens (tertiary/aromatic N) is 1. The van der Waals surface area contributed by atoms with Crippen LogP contribution in [-0.4, -0.2) is 43.3 Å². The van der Waals surface area contributed by atoms with Crippen LogP contribution in [0.15, 0.2) is 18.2 Å². The molecule has 2 atom stereocenters. The highest BCUT2D eigenvalue weighted by molar-refractivity contribution is 5.18. The van der Waals surface area contributed by atoms with Crippen LogP contribution >= 0.6 is 0 Å². The molecule has 22 heavy (non-hydrogen) atoms. The Kier molecular flexibility index (Phi) is 6.73. The number of nitrogens with one attached hydrogen (secondary N) is 1. The van der Waals surface area contributed by atoms with Crippen molar-refractivity contribution in [1.29, 1.82) is 0 Å². The number of hydrogen-bond acceptors (Lipinski definition) is 3. The fourth-order valence-corrected chi connectivity index (χ4v) is 2.95. The van der Waals surface area contributed by atoms with E-state index in [4.69, 9.17) is 4.74 Å². The summed E-state index contributed by atoms with van der Waals surface area (Å²) in [5.74, 6) is -0.751. The van der Waals surface area contributed by atoms with E-state index in [1.807, 2.05) is 0 Å². The fraction of sp³-hybridized carbons (Fsp3) is 0.647. The van der Waals surface area contributed by atoms with Crippen LogP contribution in [0.5, 0.6) is 0 Å². The number of benzene rings is 1. The molecule has 124 valence electrons. The van der Waals surface area contributed by atoms with Crippen molar-refractivity contribution in [3.63, 3.8) is 0 Å². The van der Waals surface area contributed by atoms with Gasteiger partial charge in [0.15, 0.2) is 0 Å². The van der Waals surface area contributed by atoms with Gasteiger partial charge >= 0.3 is 0 Å². The van der Waals surface area contributed by atoms with Crippen LogP contribution in [0.3, 0.4) is 0 Å². The second kappa shape index (κ2) is 8.56. The molecule has 0 bridgehead atoms. The Bertz CT molecular complexity index is 460. The second-order valence-electron chi connectivity index (χ2n) is 6.14. The molecule has 5 heteroatoms. The number of halogens is 2. The van der Waals surface area contributed by atoms with Crippen LogP contribution in [-0.2, 0) is 11.3 Å². The van der Waals surface area contributed by atoms with Crippen molar-refractivity contribution in [3.8, 4) is 0 Å². The summed E-state index contributed by atoms with van der Waals surface area (Å²) in [7, 11) is 0. The molecule has 1 fully saturated rings. The number of morpholine rings is 1. The SMILES string of the molecule is CC1CN(CCCCNCc2cc(F)ccc2F)CC(C)O1. The summed E-state index contributed by atoms with van der Waals surface area (Å²) in [4.78, 5) is 2.44. The molecule has 2 unspecified atom stereocenters. The molecule has 1 saturated heterocycles. The van der Waals surface area contributed by atoms with Crippen LogP contribution in [0.25, 0.3) is 0 Å². The van der Waals surface area contributed by atoms with Gasteiger partial charge in [0.1, 0.15) is 11.6 Å². The van der Waals surface area contributed by atoms with Gasteiger partial charge in [-0.15, -0.1) is 0 Å². The van der Waals surface area contributed by atoms with Gasteiger partial charge in [0, 0.05) is 25.2 Å². The van der Waals surface area contributed by atoms with Crippen molar-refractivity contribution in [2.24, 2.45) is 0 Å². The second-order valence-corrected chi connectivity index (χ2v) is 6.14. The van der Waals surface area contributed by atoms with Gasteiger partial charge in [-0.1, -0.05) is 0 Å². The van der Waals surface area contributed by atoms with E-state index in [9.17, 15) is 8.78 Å². The lowest BCUT2D eigenvalue weighted by Crippen LogP contribution is -2.45. The topological polar surface area (TPSA) is 24.5 Å². The van der Waals surface area contributed by atoms with E-state index in [0.717, 1.165) is 45.1 Å². The number of unbranched alkanes of at least 4 members (excludes halogenated alkanes) is 1. The Hall–Kier alpha value is -1.04. The molecule has 0 saturated carbocycles. The quantitative estimate of drug-likeness (QED) is 0.784. The minimum atomic E-state index is -0.395. The first-order valence-corrected chi connectivity index (χ1v) is 8.07. The summed E-state index contributed by atoms with van der Waals surface area (Å²) >= 11 is 0. The Morgan fingerprint density at radius 3 is 2.64 bits per heavy atom. The summed E-state index contributed by atoms with van der Waals surface area (Å²) in [5, 5.41) is 3.18. The Morgan fingerprint density at radius 1 is 1.18 bits per heavy atom. The van der Waals surface area contributed by atoms with Gasteiger partial charge in [0.2, 0.25) is 0 Å². The van der Waals surface area contributed by atoms with Crippen LogP contribution in [0.2, 0.25) is 0 Å². The minimum absolute atomic E-state index is 0.304. The van der Waals surface area contributed by atoms with Crippen molar-refractivity contribution >= 4 is 0 Å². The number of rotatable bonds is 7. The Morgan fingerprint density at radius 2 is 1.91 bits per heavy atom. The molecule has 0 spiro atoms. The molecule has 0 aliphatic carbocycles. The van der Waals surface area contributed by atoms with Gasteiger partial charge in [0.05, 0.1) is 12.2 Å². The monoisotopic (exact) mass is 312 g/mol. The van der Waals surface area contributed by atoms with Gasteiger partial charge in [-0.2, -0.15) is 0 Å². The van der Waals surface area contributed by atoms with Gasteiger partial charge in [-0.3, -0.25) is 4.90 Å². The van der Waals surface area contributed by atoms with Gasteiger partial charge < -0.3 is 10.1 Å². The summed E-state index contributed by atoms with van der Waals surface area (Å²) in [6.45, 7) is 8.45. The molecule has 2 rings (SSSR count). The standard InChI is InChI=1S/C17H26F2N2O/c1-13-11-21(12-14(2)22-13)8-4-3-7-20-10-15-9-16(18)5-6-17(15)19/h5-6,9,13-14,20H,3-4,7-8,10-12H2,1-2H3. The molecule has 1 aromatic rings. The molecular weight excluding hydrogens is 286 g/mol. The van der Waals surface area contributed by atoms with Crippen molar-refractivity contribution in [1.82, 2.24) is 10.2 Å². The lowest BCUT2D eigenvalue weighted by atomic mass is 10.2. The zero-order valence-corrected chi connectivity index (χ0v) is 13.4. The normalized spacial score (nSPS) is 22.9. The molecule has 1 N–H and O–H groups in total.